The fourth-order valence-electron chi connectivity index (χ4n) is 5.36. The zero-order valence-electron chi connectivity index (χ0n) is 18.6. The van der Waals surface area contributed by atoms with Crippen LogP contribution in [0.1, 0.15) is 46.1 Å². The van der Waals surface area contributed by atoms with E-state index in [0.29, 0.717) is 35.5 Å². The lowest BCUT2D eigenvalue weighted by Gasteiger charge is -2.19. The maximum Gasteiger partial charge on any atom is 0.251 e. The van der Waals surface area contributed by atoms with Crippen molar-refractivity contribution < 1.29 is 23.8 Å². The largest absolute Gasteiger partial charge is 0.486 e. The van der Waals surface area contributed by atoms with Gasteiger partial charge < -0.3 is 20.1 Å². The van der Waals surface area contributed by atoms with Crippen molar-refractivity contribution in [3.8, 4) is 5.75 Å². The normalized spacial score (nSPS) is 28.0. The predicted molar refractivity (Wildman–Crippen MR) is 120 cm³/mol. The Balaban J connectivity index is 1.45. The van der Waals surface area contributed by atoms with E-state index in [9.17, 15) is 19.1 Å². The molecule has 7 nitrogen and oxygen atoms in total. The van der Waals surface area contributed by atoms with Crippen molar-refractivity contribution in [1.82, 2.24) is 15.5 Å². The lowest BCUT2D eigenvalue weighted by molar-refractivity contribution is -0.128. The molecule has 2 fully saturated rings. The molecule has 3 aliphatic rings. The second-order valence-corrected chi connectivity index (χ2v) is 9.12. The molecule has 2 amide bonds. The van der Waals surface area contributed by atoms with E-state index in [1.54, 1.807) is 26.1 Å². The monoisotopic (exact) mass is 453 g/mol. The van der Waals surface area contributed by atoms with E-state index in [0.717, 1.165) is 5.56 Å². The summed E-state index contributed by atoms with van der Waals surface area (Å²) in [5, 5.41) is 16.4. The van der Waals surface area contributed by atoms with E-state index in [1.807, 2.05) is 35.2 Å². The first-order valence-electron chi connectivity index (χ1n) is 11.3. The Morgan fingerprint density at radius 3 is 2.52 bits per heavy atom. The van der Waals surface area contributed by atoms with Crippen LogP contribution in [0.2, 0.25) is 0 Å². The zero-order chi connectivity index (χ0) is 23.3. The number of aliphatic hydroxyl groups is 1. The number of carbonyl (C=O) groups excluding carboxylic acids is 2. The molecule has 1 unspecified atom stereocenters. The molecule has 1 aliphatic carbocycles. The number of ether oxygens (including phenoxy) is 1. The van der Waals surface area contributed by atoms with Gasteiger partial charge in [-0.15, -0.1) is 0 Å². The molecule has 0 radical (unpaired) electrons. The Hall–Kier alpha value is -2.97. The van der Waals surface area contributed by atoms with Crippen LogP contribution in [-0.4, -0.2) is 60.8 Å². The minimum Gasteiger partial charge on any atom is -0.486 e. The fraction of sp³-hybridized carbons (Fsp3) is 0.440. The quantitative estimate of drug-likeness (QED) is 0.582. The average Bonchev–Trinajstić information content (AvgIpc) is 3.18. The van der Waals surface area contributed by atoms with Crippen LogP contribution < -0.4 is 15.4 Å². The van der Waals surface area contributed by atoms with Crippen LogP contribution in [0.5, 0.6) is 5.75 Å². The van der Waals surface area contributed by atoms with Gasteiger partial charge in [0.25, 0.3) is 5.91 Å². The van der Waals surface area contributed by atoms with E-state index >= 15 is 0 Å². The highest BCUT2D eigenvalue weighted by Crippen LogP contribution is 2.47. The van der Waals surface area contributed by atoms with Crippen LogP contribution in [0.3, 0.4) is 0 Å². The van der Waals surface area contributed by atoms with Gasteiger partial charge in [-0.05, 0) is 24.7 Å². The van der Waals surface area contributed by atoms with Crippen molar-refractivity contribution in [3.05, 3.63) is 64.7 Å². The topological polar surface area (TPSA) is 90.9 Å². The number of likely N-dealkylation sites (tertiary alicyclic amines) is 1. The van der Waals surface area contributed by atoms with Crippen molar-refractivity contribution >= 4 is 11.8 Å². The first kappa shape index (κ1) is 21.9. The van der Waals surface area contributed by atoms with Gasteiger partial charge in [0.05, 0.1) is 5.92 Å². The molecule has 3 N–H and O–H groups in total. The lowest BCUT2D eigenvalue weighted by atomic mass is 9.86. The highest BCUT2D eigenvalue weighted by molar-refractivity contribution is 5.95. The molecule has 6 atom stereocenters. The van der Waals surface area contributed by atoms with Gasteiger partial charge in [0.15, 0.2) is 0 Å². The number of amides is 2. The molecule has 33 heavy (non-hydrogen) atoms. The smallest absolute Gasteiger partial charge is 0.251 e. The number of alkyl halides is 1. The molecule has 1 saturated carbocycles. The molecule has 2 aromatic rings. The second kappa shape index (κ2) is 8.43. The highest BCUT2D eigenvalue weighted by atomic mass is 19.1. The Morgan fingerprint density at radius 2 is 1.91 bits per heavy atom. The zero-order valence-corrected chi connectivity index (χ0v) is 18.6. The van der Waals surface area contributed by atoms with Gasteiger partial charge in [0.1, 0.15) is 24.8 Å². The van der Waals surface area contributed by atoms with Crippen molar-refractivity contribution in [3.63, 3.8) is 0 Å². The third-order valence-electron chi connectivity index (χ3n) is 7.20. The fourth-order valence-corrected chi connectivity index (χ4v) is 5.36. The first-order valence-corrected chi connectivity index (χ1v) is 11.3. The van der Waals surface area contributed by atoms with E-state index in [4.69, 9.17) is 4.74 Å². The summed E-state index contributed by atoms with van der Waals surface area (Å²) in [5.41, 5.74) is 2.40. The van der Waals surface area contributed by atoms with E-state index in [2.05, 4.69) is 10.6 Å². The minimum absolute atomic E-state index is 0.0405. The molecule has 2 aliphatic heterocycles. The van der Waals surface area contributed by atoms with Crippen LogP contribution in [0, 0.1) is 11.8 Å². The second-order valence-electron chi connectivity index (χ2n) is 9.12. The van der Waals surface area contributed by atoms with E-state index in [-0.39, 0.29) is 35.6 Å². The number of hydrogen-bond donors (Lipinski definition) is 3. The highest BCUT2D eigenvalue weighted by Gasteiger charge is 2.57. The third kappa shape index (κ3) is 3.77. The molecule has 8 heteroatoms. The van der Waals surface area contributed by atoms with Gasteiger partial charge in [-0.2, -0.15) is 0 Å². The molecule has 5 rings (SSSR count). The number of hydrogen-bond acceptors (Lipinski definition) is 5. The standard InChI is InChI=1S/C25H28FN3O4/c1-13(30)29-11-18-19(12-29)22(18)28-24(31)15-8-16-21(14-6-4-3-5-7-14)20(10-26)33-23(16)17(9-15)25(32)27-2/h3-9,18-22,25,27,32H,10-12H2,1-2H3,(H,28,31)/t18-,19+,20-,21+,22+,25?/m0/s1. The third-order valence-corrected chi connectivity index (χ3v) is 7.20. The number of fused-ring (bicyclic) bond motifs is 2. The van der Waals surface area contributed by atoms with Gasteiger partial charge >= 0.3 is 0 Å². The van der Waals surface area contributed by atoms with Crippen molar-refractivity contribution in [2.45, 2.75) is 31.2 Å². The number of benzene rings is 2. The SMILES string of the molecule is CNC(O)c1cc(C(=O)N[C@H]2[C@@H]3CN(C(C)=O)C[C@@H]32)cc2c1O[C@@H](CF)[C@@H]2c1ccccc1. The Bertz CT molecular complexity index is 1070. The summed E-state index contributed by atoms with van der Waals surface area (Å²) in [6, 6.07) is 12.9. The van der Waals surface area contributed by atoms with Gasteiger partial charge in [-0.1, -0.05) is 30.3 Å². The average molecular weight is 454 g/mol. The number of nitrogens with zero attached hydrogens (tertiary/aromatic N) is 1. The summed E-state index contributed by atoms with van der Waals surface area (Å²) in [6.45, 7) is 2.21. The van der Waals surface area contributed by atoms with Gasteiger partial charge in [0, 0.05) is 54.6 Å². The van der Waals surface area contributed by atoms with Crippen LogP contribution >= 0.6 is 0 Å². The van der Waals surface area contributed by atoms with Gasteiger partial charge in [-0.3, -0.25) is 14.9 Å². The summed E-state index contributed by atoms with van der Waals surface area (Å²) >= 11 is 0. The maximum absolute atomic E-state index is 14.0. The summed E-state index contributed by atoms with van der Waals surface area (Å²) in [7, 11) is 1.60. The number of halogens is 1. The molecule has 1 saturated heterocycles. The predicted octanol–water partition coefficient (Wildman–Crippen LogP) is 1.97. The number of carbonyl (C=O) groups is 2. The maximum atomic E-state index is 14.0. The summed E-state index contributed by atoms with van der Waals surface area (Å²) in [5.74, 6) is 0.422. The van der Waals surface area contributed by atoms with Crippen molar-refractivity contribution in [2.24, 2.45) is 11.8 Å². The van der Waals surface area contributed by atoms with Crippen LogP contribution in [0.4, 0.5) is 4.39 Å². The number of nitrogens with one attached hydrogen (secondary N) is 2. The Morgan fingerprint density at radius 1 is 1.21 bits per heavy atom. The van der Waals surface area contributed by atoms with Gasteiger partial charge in [-0.25, -0.2) is 4.39 Å². The van der Waals surface area contributed by atoms with Crippen LogP contribution in [-0.2, 0) is 4.79 Å². The molecule has 0 spiro atoms. The molecule has 2 heterocycles. The number of rotatable bonds is 6. The molecule has 0 aromatic heterocycles. The van der Waals surface area contributed by atoms with Crippen molar-refractivity contribution in [1.29, 1.82) is 0 Å². The molecular formula is C25H28FN3O4. The van der Waals surface area contributed by atoms with Crippen LogP contribution in [0.15, 0.2) is 42.5 Å². The summed E-state index contributed by atoms with van der Waals surface area (Å²) in [6.07, 6.45) is -1.80. The lowest BCUT2D eigenvalue weighted by Crippen LogP contribution is -2.36. The van der Waals surface area contributed by atoms with Crippen molar-refractivity contribution in [2.75, 3.05) is 26.8 Å². The summed E-state index contributed by atoms with van der Waals surface area (Å²) in [4.78, 5) is 26.6. The van der Waals surface area contributed by atoms with Gasteiger partial charge in [0.2, 0.25) is 5.91 Å². The number of aliphatic hydroxyl groups excluding tert-OH is 1. The van der Waals surface area contributed by atoms with E-state index < -0.39 is 19.0 Å². The minimum atomic E-state index is -1.06. The molecule has 174 valence electrons. The first-order chi connectivity index (χ1) is 15.9. The summed E-state index contributed by atoms with van der Waals surface area (Å²) < 4.78 is 19.9. The van der Waals surface area contributed by atoms with Crippen LogP contribution in [0.25, 0.3) is 0 Å². The Labute approximate surface area is 191 Å². The molecule has 0 bridgehead atoms. The van der Waals surface area contributed by atoms with E-state index in [1.165, 1.54) is 0 Å². The number of piperidine rings is 1. The molecular weight excluding hydrogens is 425 g/mol. The Kier molecular flexibility index (Phi) is 5.58. The molecule has 2 aromatic carbocycles.